The Kier molecular flexibility index (Phi) is 7.08. The molecule has 3 rings (SSSR count). The van der Waals surface area contributed by atoms with Crippen LogP contribution in [0.25, 0.3) is 0 Å². The van der Waals surface area contributed by atoms with Crippen molar-refractivity contribution in [3.8, 4) is 0 Å². The van der Waals surface area contributed by atoms with E-state index in [9.17, 15) is 22.4 Å². The van der Waals surface area contributed by atoms with Gasteiger partial charge >= 0.3 is 0 Å². The maximum atomic E-state index is 14.3. The third-order valence-electron chi connectivity index (χ3n) is 4.29. The Morgan fingerprint density at radius 1 is 1.17 bits per heavy atom. The molecule has 3 N–H and O–H groups in total. The highest BCUT2D eigenvalue weighted by Crippen LogP contribution is 2.28. The zero-order chi connectivity index (χ0) is 21.7. The molecule has 0 spiro atoms. The van der Waals surface area contributed by atoms with Crippen molar-refractivity contribution in [3.05, 3.63) is 53.8 Å². The second-order valence-corrected chi connectivity index (χ2v) is 9.29. The molecule has 0 aliphatic carbocycles. The molecule has 1 saturated heterocycles. The molecule has 1 aliphatic heterocycles. The number of ether oxygens (including phenoxy) is 1. The number of halogens is 1. The molecule has 2 aromatic rings. The van der Waals surface area contributed by atoms with Crippen molar-refractivity contribution in [1.29, 1.82) is 0 Å². The fourth-order valence-electron chi connectivity index (χ4n) is 2.81. The Morgan fingerprint density at radius 2 is 1.87 bits per heavy atom. The van der Waals surface area contributed by atoms with E-state index < -0.39 is 32.6 Å². The maximum absolute atomic E-state index is 14.3. The largest absolute Gasteiger partial charge is 0.379 e. The third-order valence-corrected chi connectivity index (χ3v) is 7.30. The third kappa shape index (κ3) is 5.17. The highest BCUT2D eigenvalue weighted by molar-refractivity contribution is 8.00. The van der Waals surface area contributed by atoms with Gasteiger partial charge in [0.25, 0.3) is 5.91 Å². The summed E-state index contributed by atoms with van der Waals surface area (Å²) in [6, 6.07) is 9.97. The molecule has 0 aromatic heterocycles. The van der Waals surface area contributed by atoms with Gasteiger partial charge < -0.3 is 15.8 Å². The van der Waals surface area contributed by atoms with E-state index in [0.717, 1.165) is 28.2 Å². The van der Waals surface area contributed by atoms with E-state index in [1.54, 1.807) is 24.3 Å². The van der Waals surface area contributed by atoms with E-state index in [1.807, 2.05) is 0 Å². The lowest BCUT2D eigenvalue weighted by Gasteiger charge is -2.26. The predicted octanol–water partition coefficient (Wildman–Crippen LogP) is 1.68. The minimum atomic E-state index is -4.11. The van der Waals surface area contributed by atoms with E-state index in [-0.39, 0.29) is 37.6 Å². The van der Waals surface area contributed by atoms with E-state index >= 15 is 0 Å². The number of carbonyl (C=O) groups is 2. The first-order valence-corrected chi connectivity index (χ1v) is 11.4. The standard InChI is InChI=1S/C19H20FN3O5S2/c20-14-6-5-13(11-17(14)30(26,27)23-7-9-28-10-8-23)19(25)22-15-3-1-2-4-16(15)29-12-18(21)24/h1-6,11H,7-10,12H2,(H2,21,24)(H,22,25). The number of anilines is 1. The fraction of sp³-hybridized carbons (Fsp3) is 0.263. The second kappa shape index (κ2) is 9.56. The smallest absolute Gasteiger partial charge is 0.255 e. The highest BCUT2D eigenvalue weighted by Gasteiger charge is 2.29. The number of hydrogen-bond donors (Lipinski definition) is 2. The molecule has 8 nitrogen and oxygen atoms in total. The Bertz CT molecular complexity index is 1060. The van der Waals surface area contributed by atoms with Crippen molar-refractivity contribution >= 4 is 39.3 Å². The van der Waals surface area contributed by atoms with Gasteiger partial charge in [0.05, 0.1) is 24.7 Å². The minimum Gasteiger partial charge on any atom is -0.379 e. The first-order chi connectivity index (χ1) is 14.3. The second-order valence-electron chi connectivity index (χ2n) is 6.37. The van der Waals surface area contributed by atoms with Crippen molar-refractivity contribution in [2.24, 2.45) is 5.73 Å². The summed E-state index contributed by atoms with van der Waals surface area (Å²) in [6.45, 7) is 0.673. The number of hydrogen-bond acceptors (Lipinski definition) is 6. The number of para-hydroxylation sites is 1. The maximum Gasteiger partial charge on any atom is 0.255 e. The topological polar surface area (TPSA) is 119 Å². The lowest BCUT2D eigenvalue weighted by Crippen LogP contribution is -2.41. The van der Waals surface area contributed by atoms with E-state index in [4.69, 9.17) is 10.5 Å². The summed E-state index contributed by atoms with van der Waals surface area (Å²) in [5.74, 6) is -2.01. The number of amides is 2. The molecular weight excluding hydrogens is 433 g/mol. The molecule has 2 aromatic carbocycles. The van der Waals surface area contributed by atoms with Gasteiger partial charge in [-0.05, 0) is 30.3 Å². The van der Waals surface area contributed by atoms with Crippen molar-refractivity contribution in [2.45, 2.75) is 9.79 Å². The molecule has 30 heavy (non-hydrogen) atoms. The van der Waals surface area contributed by atoms with Crippen LogP contribution in [-0.2, 0) is 19.6 Å². The van der Waals surface area contributed by atoms with Gasteiger partial charge in [0.2, 0.25) is 15.9 Å². The Hall–Kier alpha value is -2.47. The molecule has 11 heteroatoms. The summed E-state index contributed by atoms with van der Waals surface area (Å²) in [4.78, 5) is 23.8. The van der Waals surface area contributed by atoms with Crippen molar-refractivity contribution in [2.75, 3.05) is 37.4 Å². The summed E-state index contributed by atoms with van der Waals surface area (Å²) >= 11 is 1.16. The van der Waals surface area contributed by atoms with Crippen LogP contribution in [0.4, 0.5) is 10.1 Å². The number of primary amides is 1. The number of morpholine rings is 1. The van der Waals surface area contributed by atoms with Crippen molar-refractivity contribution < 1.29 is 27.1 Å². The SMILES string of the molecule is NC(=O)CSc1ccccc1NC(=O)c1ccc(F)c(S(=O)(=O)N2CCOCC2)c1. The van der Waals surface area contributed by atoms with Crippen molar-refractivity contribution in [1.82, 2.24) is 4.31 Å². The summed E-state index contributed by atoms with van der Waals surface area (Å²) in [7, 11) is -4.11. The lowest BCUT2D eigenvalue weighted by molar-refractivity contribution is -0.115. The molecule has 0 bridgehead atoms. The van der Waals surface area contributed by atoms with Crippen LogP contribution in [0.15, 0.2) is 52.3 Å². The summed E-state index contributed by atoms with van der Waals surface area (Å²) in [5.41, 5.74) is 5.58. The molecule has 0 saturated carbocycles. The van der Waals surface area contributed by atoms with Crippen LogP contribution < -0.4 is 11.1 Å². The molecule has 1 heterocycles. The van der Waals surface area contributed by atoms with Crippen LogP contribution in [-0.4, -0.2) is 56.6 Å². The van der Waals surface area contributed by atoms with Gasteiger partial charge in [-0.2, -0.15) is 4.31 Å². The number of benzene rings is 2. The number of carbonyl (C=O) groups excluding carboxylic acids is 2. The van der Waals surface area contributed by atoms with Gasteiger partial charge in [-0.1, -0.05) is 12.1 Å². The number of nitrogens with two attached hydrogens (primary N) is 1. The van der Waals surface area contributed by atoms with Crippen LogP contribution in [0.1, 0.15) is 10.4 Å². The van der Waals surface area contributed by atoms with Gasteiger partial charge in [-0.25, -0.2) is 12.8 Å². The van der Waals surface area contributed by atoms with Crippen LogP contribution in [0.5, 0.6) is 0 Å². The lowest BCUT2D eigenvalue weighted by atomic mass is 10.2. The Labute approximate surface area is 177 Å². The van der Waals surface area contributed by atoms with E-state index in [1.165, 1.54) is 6.07 Å². The van der Waals surface area contributed by atoms with Gasteiger partial charge in [-0.15, -0.1) is 11.8 Å². The normalized spacial score (nSPS) is 15.0. The molecular formula is C19H20FN3O5S2. The predicted molar refractivity (Wildman–Crippen MR) is 110 cm³/mol. The summed E-state index contributed by atoms with van der Waals surface area (Å²) < 4.78 is 46.2. The monoisotopic (exact) mass is 453 g/mol. The van der Waals surface area contributed by atoms with Gasteiger partial charge in [-0.3, -0.25) is 9.59 Å². The van der Waals surface area contributed by atoms with Gasteiger partial charge in [0, 0.05) is 23.5 Å². The Morgan fingerprint density at radius 3 is 2.57 bits per heavy atom. The van der Waals surface area contributed by atoms with E-state index in [0.29, 0.717) is 10.6 Å². The number of thioether (sulfide) groups is 1. The zero-order valence-electron chi connectivity index (χ0n) is 15.8. The summed E-state index contributed by atoms with van der Waals surface area (Å²) in [5, 5.41) is 2.67. The summed E-state index contributed by atoms with van der Waals surface area (Å²) in [6.07, 6.45) is 0. The van der Waals surface area contributed by atoms with Crippen LogP contribution in [0.2, 0.25) is 0 Å². The van der Waals surface area contributed by atoms with Gasteiger partial charge in [0.15, 0.2) is 0 Å². The molecule has 1 aliphatic rings. The number of nitrogens with zero attached hydrogens (tertiary/aromatic N) is 1. The average Bonchev–Trinajstić information content (AvgIpc) is 2.73. The van der Waals surface area contributed by atoms with Crippen molar-refractivity contribution in [3.63, 3.8) is 0 Å². The number of nitrogens with one attached hydrogen (secondary N) is 1. The van der Waals surface area contributed by atoms with Crippen LogP contribution in [0, 0.1) is 5.82 Å². The van der Waals surface area contributed by atoms with Crippen LogP contribution in [0.3, 0.4) is 0 Å². The first kappa shape index (κ1) is 22.2. The first-order valence-electron chi connectivity index (χ1n) is 8.98. The molecule has 0 radical (unpaired) electrons. The zero-order valence-corrected chi connectivity index (χ0v) is 17.5. The highest BCUT2D eigenvalue weighted by atomic mass is 32.2. The van der Waals surface area contributed by atoms with Gasteiger partial charge in [0.1, 0.15) is 10.7 Å². The van der Waals surface area contributed by atoms with Crippen LogP contribution >= 0.6 is 11.8 Å². The minimum absolute atomic E-state index is 0.0158. The molecule has 0 atom stereocenters. The Balaban J connectivity index is 1.84. The number of rotatable bonds is 7. The fourth-order valence-corrected chi connectivity index (χ4v) is 5.05. The molecule has 160 valence electrons. The average molecular weight is 454 g/mol. The molecule has 0 unspecified atom stereocenters. The molecule has 2 amide bonds. The quantitative estimate of drug-likeness (QED) is 0.616. The molecule has 1 fully saturated rings. The number of sulfonamides is 1. The van der Waals surface area contributed by atoms with E-state index in [2.05, 4.69) is 5.32 Å².